The maximum Gasteiger partial charge on any atom is 0.347 e. The molecule has 3 aromatic rings. The van der Waals surface area contributed by atoms with Gasteiger partial charge in [-0.2, -0.15) is 0 Å². The van der Waals surface area contributed by atoms with Crippen LogP contribution in [0.25, 0.3) is 22.4 Å². The van der Waals surface area contributed by atoms with E-state index < -0.39 is 0 Å². The molecule has 3 N–H and O–H groups in total. The van der Waals surface area contributed by atoms with Crippen LogP contribution in [0.1, 0.15) is 11.1 Å². The number of aryl methyl sites for hydroxylation is 1. The van der Waals surface area contributed by atoms with Gasteiger partial charge in [0.05, 0.1) is 10.9 Å². The van der Waals surface area contributed by atoms with Gasteiger partial charge in [0.2, 0.25) is 5.89 Å². The van der Waals surface area contributed by atoms with Gasteiger partial charge in [-0.25, -0.2) is 9.78 Å². The van der Waals surface area contributed by atoms with Gasteiger partial charge in [-0.1, -0.05) is 35.5 Å². The minimum Gasteiger partial charge on any atom is -0.403 e. The molecule has 0 unspecified atom stereocenters. The summed E-state index contributed by atoms with van der Waals surface area (Å²) in [7, 11) is 0. The summed E-state index contributed by atoms with van der Waals surface area (Å²) in [6.45, 7) is 1.92. The van der Waals surface area contributed by atoms with Crippen molar-refractivity contribution in [3.05, 3.63) is 64.0 Å². The minimum atomic E-state index is -0.384. The number of halogens is 1. The molecule has 0 fully saturated rings. The highest BCUT2D eigenvalue weighted by atomic mass is 35.5. The summed E-state index contributed by atoms with van der Waals surface area (Å²) in [4.78, 5) is 16.5. The second kappa shape index (κ2) is 7.51. The molecule has 0 spiro atoms. The van der Waals surface area contributed by atoms with Crippen molar-refractivity contribution >= 4 is 40.2 Å². The highest BCUT2D eigenvalue weighted by Gasteiger charge is 2.09. The third-order valence-corrected chi connectivity index (χ3v) is 4.17. The molecule has 1 aromatic heterocycles. The number of benzene rings is 2. The number of rotatable bonds is 3. The van der Waals surface area contributed by atoms with Crippen LogP contribution in [0.5, 0.6) is 0 Å². The first-order valence-corrected chi connectivity index (χ1v) is 7.99. The number of amidine groups is 1. The molecule has 5 nitrogen and oxygen atoms in total. The van der Waals surface area contributed by atoms with Crippen LogP contribution in [0.3, 0.4) is 0 Å². The fourth-order valence-corrected chi connectivity index (χ4v) is 2.73. The van der Waals surface area contributed by atoms with Crippen molar-refractivity contribution in [2.75, 3.05) is 0 Å². The van der Waals surface area contributed by atoms with Crippen molar-refractivity contribution in [2.45, 2.75) is 12.7 Å². The van der Waals surface area contributed by atoms with Crippen molar-refractivity contribution in [3.63, 3.8) is 0 Å². The zero-order chi connectivity index (χ0) is 16.4. The fourth-order valence-electron chi connectivity index (χ4n) is 2.21. The molecule has 0 bridgehead atoms. The van der Waals surface area contributed by atoms with Crippen molar-refractivity contribution in [3.8, 4) is 11.5 Å². The Morgan fingerprint density at radius 3 is 2.62 bits per heavy atom. The summed E-state index contributed by atoms with van der Waals surface area (Å²) in [6.07, 6.45) is 0. The zero-order valence-electron chi connectivity index (χ0n) is 12.9. The monoisotopic (exact) mass is 361 g/mol. The standard InChI is InChI=1S/C17H15N3O2S.ClH/c1-10-2-7-14-13(8-10)16(21)22-15(20-14)12-5-3-11(4-6-12)9-23-17(18)19;/h2-8H,9H2,1H3,(H3,18,19);1H. The lowest BCUT2D eigenvalue weighted by Gasteiger charge is -2.04. The summed E-state index contributed by atoms with van der Waals surface area (Å²) in [5, 5.41) is 7.80. The number of hydrogen-bond donors (Lipinski definition) is 2. The Bertz CT molecular complexity index is 939. The molecule has 0 aliphatic heterocycles. The topological polar surface area (TPSA) is 93.0 Å². The molecule has 2 aromatic carbocycles. The zero-order valence-corrected chi connectivity index (χ0v) is 14.5. The van der Waals surface area contributed by atoms with Crippen LogP contribution in [-0.4, -0.2) is 10.2 Å². The van der Waals surface area contributed by atoms with E-state index in [0.717, 1.165) is 16.7 Å². The first-order valence-electron chi connectivity index (χ1n) is 7.00. The number of nitrogens with zero attached hydrogens (tertiary/aromatic N) is 1. The molecule has 0 atom stereocenters. The molecular formula is C17H16ClN3O2S. The van der Waals surface area contributed by atoms with Crippen molar-refractivity contribution < 1.29 is 4.42 Å². The van der Waals surface area contributed by atoms with E-state index in [2.05, 4.69) is 4.98 Å². The van der Waals surface area contributed by atoms with Crippen LogP contribution in [0, 0.1) is 12.3 Å². The van der Waals surface area contributed by atoms with Gasteiger partial charge in [0, 0.05) is 11.3 Å². The van der Waals surface area contributed by atoms with Crippen LogP contribution in [0.2, 0.25) is 0 Å². The molecule has 7 heteroatoms. The van der Waals surface area contributed by atoms with Gasteiger partial charge < -0.3 is 10.2 Å². The molecule has 124 valence electrons. The van der Waals surface area contributed by atoms with Crippen molar-refractivity contribution in [1.29, 1.82) is 5.41 Å². The molecule has 0 radical (unpaired) electrons. The molecule has 0 aliphatic rings. The average molecular weight is 362 g/mol. The average Bonchev–Trinajstić information content (AvgIpc) is 2.54. The van der Waals surface area contributed by atoms with E-state index in [1.807, 2.05) is 43.3 Å². The van der Waals surface area contributed by atoms with Crippen LogP contribution in [-0.2, 0) is 5.75 Å². The SMILES string of the molecule is Cc1ccc2nc(-c3ccc(CSC(=N)N)cc3)oc(=O)c2c1.Cl. The third kappa shape index (κ3) is 3.96. The summed E-state index contributed by atoms with van der Waals surface area (Å²) < 4.78 is 5.34. The summed E-state index contributed by atoms with van der Waals surface area (Å²) in [6, 6.07) is 13.0. The number of fused-ring (bicyclic) bond motifs is 1. The molecule has 24 heavy (non-hydrogen) atoms. The Balaban J connectivity index is 0.00000208. The molecule has 0 amide bonds. The van der Waals surface area contributed by atoms with Crippen molar-refractivity contribution in [1.82, 2.24) is 4.98 Å². The lowest BCUT2D eigenvalue weighted by atomic mass is 10.1. The van der Waals surface area contributed by atoms with Gasteiger partial charge in [-0.3, -0.25) is 5.41 Å². The van der Waals surface area contributed by atoms with Crippen LogP contribution in [0.4, 0.5) is 0 Å². The maximum atomic E-state index is 12.1. The van der Waals surface area contributed by atoms with Gasteiger partial charge in [-0.05, 0) is 36.8 Å². The van der Waals surface area contributed by atoms with E-state index in [-0.39, 0.29) is 23.2 Å². The highest BCUT2D eigenvalue weighted by molar-refractivity contribution is 8.13. The van der Waals surface area contributed by atoms with Crippen LogP contribution < -0.4 is 11.4 Å². The largest absolute Gasteiger partial charge is 0.403 e. The molecule has 1 heterocycles. The predicted molar refractivity (Wildman–Crippen MR) is 101 cm³/mol. The van der Waals surface area contributed by atoms with Gasteiger partial charge in [0.1, 0.15) is 0 Å². The second-order valence-corrected chi connectivity index (χ2v) is 6.19. The predicted octanol–water partition coefficient (Wildman–Crippen LogP) is 3.71. The first-order chi connectivity index (χ1) is 11.0. The van der Waals surface area contributed by atoms with Gasteiger partial charge >= 0.3 is 5.63 Å². The molecule has 0 aliphatic carbocycles. The normalized spacial score (nSPS) is 10.4. The maximum absolute atomic E-state index is 12.1. The summed E-state index contributed by atoms with van der Waals surface area (Å²) >= 11 is 1.26. The van der Waals surface area contributed by atoms with E-state index in [0.29, 0.717) is 22.5 Å². The van der Waals surface area contributed by atoms with Gasteiger partial charge in [-0.15, -0.1) is 12.4 Å². The number of thioether (sulfide) groups is 1. The lowest BCUT2D eigenvalue weighted by Crippen LogP contribution is -2.04. The molecule has 0 saturated carbocycles. The van der Waals surface area contributed by atoms with E-state index in [4.69, 9.17) is 15.6 Å². The smallest absolute Gasteiger partial charge is 0.347 e. The Morgan fingerprint density at radius 2 is 1.96 bits per heavy atom. The quantitative estimate of drug-likeness (QED) is 0.548. The van der Waals surface area contributed by atoms with Crippen molar-refractivity contribution in [2.24, 2.45) is 5.73 Å². The van der Waals surface area contributed by atoms with E-state index in [1.54, 1.807) is 6.07 Å². The van der Waals surface area contributed by atoms with Gasteiger partial charge in [0.15, 0.2) is 5.17 Å². The summed E-state index contributed by atoms with van der Waals surface area (Å²) in [5.41, 5.74) is 8.33. The summed E-state index contributed by atoms with van der Waals surface area (Å²) in [5.74, 6) is 0.932. The van der Waals surface area contributed by atoms with E-state index in [9.17, 15) is 4.79 Å². The number of nitrogens with one attached hydrogen (secondary N) is 1. The van der Waals surface area contributed by atoms with Gasteiger partial charge in [0.25, 0.3) is 0 Å². The van der Waals surface area contributed by atoms with E-state index >= 15 is 0 Å². The second-order valence-electron chi connectivity index (χ2n) is 5.18. The lowest BCUT2D eigenvalue weighted by molar-refractivity contribution is 0.518. The third-order valence-electron chi connectivity index (χ3n) is 3.38. The number of nitrogens with two attached hydrogens (primary N) is 1. The fraction of sp³-hybridized carbons (Fsp3) is 0.118. The number of aromatic nitrogens is 1. The minimum absolute atomic E-state index is 0. The molecular weight excluding hydrogens is 346 g/mol. The molecule has 3 rings (SSSR count). The van der Waals surface area contributed by atoms with Crippen LogP contribution in [0.15, 0.2) is 51.7 Å². The first kappa shape index (κ1) is 18.0. The van der Waals surface area contributed by atoms with E-state index in [1.165, 1.54) is 11.8 Å². The Morgan fingerprint density at radius 1 is 1.25 bits per heavy atom. The Hall–Kier alpha value is -2.31. The van der Waals surface area contributed by atoms with Crippen LogP contribution >= 0.6 is 24.2 Å². The number of hydrogen-bond acceptors (Lipinski definition) is 5. The highest BCUT2D eigenvalue weighted by Crippen LogP contribution is 2.21. The Labute approximate surface area is 149 Å². The molecule has 0 saturated heterocycles. The Kier molecular flexibility index (Phi) is 5.64.